The molecule has 0 saturated heterocycles. The van der Waals surface area contributed by atoms with Crippen LogP contribution in [-0.2, 0) is 28.6 Å². The number of allylic oxidation sites excluding steroid dienone is 4. The van der Waals surface area contributed by atoms with Crippen molar-refractivity contribution in [2.24, 2.45) is 76.8 Å². The van der Waals surface area contributed by atoms with Crippen molar-refractivity contribution in [3.05, 3.63) is 56.5 Å². The number of esters is 3. The minimum Gasteiger partial charge on any atom is -1.00 e. The van der Waals surface area contributed by atoms with E-state index in [1.807, 2.05) is 6.07 Å². The SMILES string of the molecule is C=CCBr.C=CCC(C#N)(C(=O)OCC)C1(C)CC(C)(C)CC(C)(C)C1.C=CCC(CC)C1(C)CC(C)(C)CC(C)(C)C1.CCOC(=O)C(C#N)=C1CC(C)(C)CC(C)(C)C1.CCOC(=O)C(C#N)C1(C)CC(C)(C)CC(C)(C)C1.[CH3-].[I-].[Mg+2]. The van der Waals surface area contributed by atoms with Gasteiger partial charge in [0.25, 0.3) is 0 Å². The Morgan fingerprint density at radius 1 is 0.566 bits per heavy atom. The van der Waals surface area contributed by atoms with Crippen molar-refractivity contribution >= 4 is 56.9 Å². The summed E-state index contributed by atoms with van der Waals surface area (Å²) in [4.78, 5) is 36.6. The van der Waals surface area contributed by atoms with Crippen LogP contribution in [0.5, 0.6) is 0 Å². The Bertz CT molecular complexity index is 2190. The average molecular weight is 1340 g/mol. The fraction of sp³-hybridized carbons (Fsp3) is 0.789. The minimum atomic E-state index is -1.15. The summed E-state index contributed by atoms with van der Waals surface area (Å²) in [5, 5.41) is 29.5. The molecule has 4 aliphatic rings. The number of ether oxygens (including phenoxy) is 3. The zero-order valence-electron chi connectivity index (χ0n) is 57.7. The molecule has 472 valence electrons. The molecule has 0 amide bonds. The minimum absolute atomic E-state index is 0. The van der Waals surface area contributed by atoms with Gasteiger partial charge in [-0.1, -0.05) is 179 Å². The summed E-state index contributed by atoms with van der Waals surface area (Å²) in [5.41, 5.74) is 1.52. The zero-order chi connectivity index (χ0) is 62.8. The quantitative estimate of drug-likeness (QED) is 0.0180. The fourth-order valence-corrected chi connectivity index (χ4v) is 18.2. The first-order valence-corrected chi connectivity index (χ1v) is 31.2. The van der Waals surface area contributed by atoms with Gasteiger partial charge in [0.1, 0.15) is 17.6 Å². The molecule has 3 unspecified atom stereocenters. The van der Waals surface area contributed by atoms with E-state index in [1.165, 1.54) is 32.1 Å². The van der Waals surface area contributed by atoms with Gasteiger partial charge in [-0.3, -0.25) is 9.59 Å². The summed E-state index contributed by atoms with van der Waals surface area (Å²) >= 11 is 3.13. The number of nitrogens with zero attached hydrogens (tertiary/aromatic N) is 3. The molecule has 3 atom stereocenters. The second kappa shape index (κ2) is 35.1. The normalized spacial score (nSPS) is 22.7. The van der Waals surface area contributed by atoms with E-state index in [0.717, 1.165) is 74.6 Å². The van der Waals surface area contributed by atoms with Gasteiger partial charge in [-0.15, -0.1) is 19.7 Å². The van der Waals surface area contributed by atoms with Gasteiger partial charge in [0, 0.05) is 5.33 Å². The van der Waals surface area contributed by atoms with Crippen LogP contribution in [0.4, 0.5) is 0 Å². The maximum Gasteiger partial charge on any atom is 2.00 e. The molecular weight excluding hydrogens is 1220 g/mol. The average Bonchev–Trinajstić information content (AvgIpc) is 3.24. The number of hydrogen-bond donors (Lipinski definition) is 0. The first-order chi connectivity index (χ1) is 36.3. The van der Waals surface area contributed by atoms with Crippen molar-refractivity contribution < 1.29 is 52.6 Å². The monoisotopic (exact) mass is 1340 g/mol. The molecule has 9 nitrogen and oxygen atoms in total. The van der Waals surface area contributed by atoms with Crippen LogP contribution in [0.2, 0.25) is 0 Å². The molecule has 0 radical (unpaired) electrons. The van der Waals surface area contributed by atoms with E-state index in [4.69, 9.17) is 14.2 Å². The van der Waals surface area contributed by atoms with Crippen molar-refractivity contribution in [3.63, 3.8) is 0 Å². The van der Waals surface area contributed by atoms with Crippen molar-refractivity contribution in [1.82, 2.24) is 0 Å². The number of halogens is 2. The topological polar surface area (TPSA) is 150 Å². The third-order valence-corrected chi connectivity index (χ3v) is 17.6. The van der Waals surface area contributed by atoms with Crippen molar-refractivity contribution in [2.75, 3.05) is 25.2 Å². The number of carbonyl (C=O) groups is 3. The van der Waals surface area contributed by atoms with Crippen LogP contribution < -0.4 is 24.0 Å². The molecule has 0 heterocycles. The van der Waals surface area contributed by atoms with Crippen LogP contribution in [0, 0.1) is 118 Å². The maximum absolute atomic E-state index is 12.7. The van der Waals surface area contributed by atoms with Gasteiger partial charge in [-0.05, 0) is 182 Å². The molecular formula is C71H121BrIMgN3O6. The van der Waals surface area contributed by atoms with Gasteiger partial charge in [0.2, 0.25) is 0 Å². The van der Waals surface area contributed by atoms with Crippen molar-refractivity contribution in [1.29, 1.82) is 15.8 Å². The first-order valence-electron chi connectivity index (χ1n) is 30.1. The predicted molar refractivity (Wildman–Crippen MR) is 349 cm³/mol. The Hall–Kier alpha value is -2.18. The Morgan fingerprint density at radius 2 is 0.928 bits per heavy atom. The van der Waals surface area contributed by atoms with Crippen LogP contribution in [0.15, 0.2) is 49.1 Å². The van der Waals surface area contributed by atoms with Crippen LogP contribution in [0.1, 0.15) is 256 Å². The van der Waals surface area contributed by atoms with Crippen LogP contribution in [-0.4, -0.2) is 66.1 Å². The molecule has 4 fully saturated rings. The molecule has 12 heteroatoms. The Morgan fingerprint density at radius 3 is 1.23 bits per heavy atom. The summed E-state index contributed by atoms with van der Waals surface area (Å²) in [6.45, 7) is 62.8. The predicted octanol–water partition coefficient (Wildman–Crippen LogP) is 16.9. The molecule has 83 heavy (non-hydrogen) atoms. The van der Waals surface area contributed by atoms with E-state index in [1.54, 1.807) is 32.9 Å². The second-order valence-corrected chi connectivity index (χ2v) is 32.4. The van der Waals surface area contributed by atoms with Crippen LogP contribution in [0.3, 0.4) is 0 Å². The van der Waals surface area contributed by atoms with E-state index in [-0.39, 0.29) is 104 Å². The molecule has 0 N–H and O–H groups in total. The third kappa shape index (κ3) is 27.4. The molecule has 0 bridgehead atoms. The Balaban J connectivity index is -0.000000486. The third-order valence-electron chi connectivity index (χ3n) is 17.1. The molecule has 4 saturated carbocycles. The number of nitriles is 3. The molecule has 0 aliphatic heterocycles. The molecule has 0 spiro atoms. The zero-order valence-corrected chi connectivity index (χ0v) is 62.9. The second-order valence-electron chi connectivity index (χ2n) is 31.7. The summed E-state index contributed by atoms with van der Waals surface area (Å²) in [5.74, 6) is -1.08. The van der Waals surface area contributed by atoms with E-state index in [2.05, 4.69) is 192 Å². The fourth-order valence-electron chi connectivity index (χ4n) is 18.2. The molecule has 0 aromatic heterocycles. The van der Waals surface area contributed by atoms with Crippen LogP contribution >= 0.6 is 15.9 Å². The number of hydrogen-bond acceptors (Lipinski definition) is 9. The van der Waals surface area contributed by atoms with Gasteiger partial charge in [0.05, 0.1) is 32.0 Å². The van der Waals surface area contributed by atoms with Crippen molar-refractivity contribution in [2.45, 2.75) is 256 Å². The van der Waals surface area contributed by atoms with Crippen molar-refractivity contribution in [3.8, 4) is 18.2 Å². The Labute approximate surface area is 553 Å². The standard InChI is InChI=1S/C19H31NO2.C17H32.C16H27NO2.C15H23NO2.C3H5Br.CH3.HI.Mg/c1-8-10-19(14-20,15(21)22-9-2)18(7)12-16(3,4)11-17(5,6)13-18;1-8-10-14(9-2)17(7)12-15(3,4)11-16(5,6)13-17;1-7-19-13(18)12(8-17)16(6)10-14(2,3)9-15(4,5)11-16;1-6-18-13(17)12(9-16)11-7-14(2,3)10-15(4,5)8-11;1-2-3-4;;;/h8H,1,9-13H2,2-7H3;8,14H,1,9-13H2,2-7H3;12H,7,9-11H2,1-6H3;6-8,10H2,1-5H3;2H,1,3H2;1H3;1H;/q;;;;;-1;;+2/p-1. The van der Waals surface area contributed by atoms with E-state index >= 15 is 0 Å². The molecule has 0 aromatic carbocycles. The van der Waals surface area contributed by atoms with Gasteiger partial charge in [-0.2, -0.15) is 15.8 Å². The van der Waals surface area contributed by atoms with Gasteiger partial charge < -0.3 is 45.6 Å². The number of carbonyl (C=O) groups excluding carboxylic acids is 3. The van der Waals surface area contributed by atoms with E-state index in [0.29, 0.717) is 42.5 Å². The van der Waals surface area contributed by atoms with E-state index in [9.17, 15) is 30.2 Å². The Kier molecular flexibility index (Phi) is 36.9. The van der Waals surface area contributed by atoms with E-state index < -0.39 is 28.7 Å². The summed E-state index contributed by atoms with van der Waals surface area (Å²) in [6.07, 6.45) is 20.9. The summed E-state index contributed by atoms with van der Waals surface area (Å²) in [6, 6.07) is 6.58. The smallest absolute Gasteiger partial charge is 1.00 e. The maximum atomic E-state index is 12.7. The summed E-state index contributed by atoms with van der Waals surface area (Å²) in [7, 11) is 0. The molecule has 4 aliphatic carbocycles. The van der Waals surface area contributed by atoms with Crippen LogP contribution in [0.25, 0.3) is 0 Å². The number of rotatable bonds is 15. The van der Waals surface area contributed by atoms with Gasteiger partial charge >= 0.3 is 41.0 Å². The summed E-state index contributed by atoms with van der Waals surface area (Å²) < 4.78 is 15.3. The van der Waals surface area contributed by atoms with Gasteiger partial charge in [-0.25, -0.2) is 4.79 Å². The first kappa shape index (κ1) is 87.3. The molecule has 4 rings (SSSR count). The largest absolute Gasteiger partial charge is 2.00 e. The van der Waals surface area contributed by atoms with Gasteiger partial charge in [0.15, 0.2) is 5.41 Å². The molecule has 0 aromatic rings. The number of alkyl halides is 1.